The van der Waals surface area contributed by atoms with Crippen LogP contribution in [0.2, 0.25) is 0 Å². The maximum atomic E-state index is 3.60. The third kappa shape index (κ3) is 4.79. The molecule has 1 atom stereocenters. The van der Waals surface area contributed by atoms with Gasteiger partial charge in [-0.3, -0.25) is 0 Å². The lowest BCUT2D eigenvalue weighted by molar-refractivity contribution is 0.255. The lowest BCUT2D eigenvalue weighted by atomic mass is 10.0. The summed E-state index contributed by atoms with van der Waals surface area (Å²) in [5.74, 6) is 0. The average molecular weight is 248 g/mol. The highest BCUT2D eigenvalue weighted by molar-refractivity contribution is 5.24. The zero-order valence-corrected chi connectivity index (χ0v) is 12.4. The summed E-state index contributed by atoms with van der Waals surface area (Å²) in [7, 11) is 0. The van der Waals surface area contributed by atoms with Crippen LogP contribution in [0.4, 0.5) is 0 Å². The standard InChI is InChI=1S/C16H28N2/c1-5-12-18(7-3)13-16(17-6-2)15-10-8-14(4)9-11-15/h8-11,16-17H,5-7,12-13H2,1-4H3. The quantitative estimate of drug-likeness (QED) is 0.759. The average Bonchev–Trinajstić information content (AvgIpc) is 2.38. The molecule has 0 radical (unpaired) electrons. The molecule has 0 saturated carbocycles. The van der Waals surface area contributed by atoms with Gasteiger partial charge in [0.15, 0.2) is 0 Å². The molecule has 2 nitrogen and oxygen atoms in total. The van der Waals surface area contributed by atoms with Crippen molar-refractivity contribution >= 4 is 0 Å². The molecule has 1 N–H and O–H groups in total. The fourth-order valence-corrected chi connectivity index (χ4v) is 2.29. The molecule has 0 saturated heterocycles. The van der Waals surface area contributed by atoms with E-state index in [0.29, 0.717) is 6.04 Å². The SMILES string of the molecule is CCCN(CC)CC(NCC)c1ccc(C)cc1. The van der Waals surface area contributed by atoms with Gasteiger partial charge in [0.2, 0.25) is 0 Å². The Morgan fingerprint density at radius 2 is 1.78 bits per heavy atom. The first-order chi connectivity index (χ1) is 8.71. The minimum absolute atomic E-state index is 0.446. The van der Waals surface area contributed by atoms with Gasteiger partial charge in [-0.25, -0.2) is 0 Å². The molecule has 18 heavy (non-hydrogen) atoms. The maximum Gasteiger partial charge on any atom is 0.0449 e. The Balaban J connectivity index is 2.71. The summed E-state index contributed by atoms with van der Waals surface area (Å²) in [4.78, 5) is 2.52. The van der Waals surface area contributed by atoms with Crippen molar-refractivity contribution in [1.82, 2.24) is 10.2 Å². The predicted molar refractivity (Wildman–Crippen MR) is 80.0 cm³/mol. The second-order valence-electron chi connectivity index (χ2n) is 4.91. The molecule has 0 aliphatic heterocycles. The van der Waals surface area contributed by atoms with E-state index in [9.17, 15) is 0 Å². The predicted octanol–water partition coefficient (Wildman–Crippen LogP) is 3.38. The van der Waals surface area contributed by atoms with Crippen LogP contribution in [-0.2, 0) is 0 Å². The second kappa shape index (κ2) is 8.28. The fourth-order valence-electron chi connectivity index (χ4n) is 2.29. The lowest BCUT2D eigenvalue weighted by Gasteiger charge is -2.27. The van der Waals surface area contributed by atoms with Gasteiger partial charge in [-0.2, -0.15) is 0 Å². The molecule has 0 spiro atoms. The highest BCUT2D eigenvalue weighted by Gasteiger charge is 2.13. The zero-order valence-electron chi connectivity index (χ0n) is 12.4. The van der Waals surface area contributed by atoms with E-state index in [1.807, 2.05) is 0 Å². The molecule has 0 aromatic heterocycles. The highest BCUT2D eigenvalue weighted by atomic mass is 15.1. The summed E-state index contributed by atoms with van der Waals surface area (Å²) in [6, 6.07) is 9.36. The molecule has 0 amide bonds. The van der Waals surface area contributed by atoms with Gasteiger partial charge in [-0.1, -0.05) is 50.6 Å². The highest BCUT2D eigenvalue weighted by Crippen LogP contribution is 2.15. The number of likely N-dealkylation sites (N-methyl/N-ethyl adjacent to an activating group) is 2. The Labute approximate surface area is 112 Å². The molecule has 0 heterocycles. The van der Waals surface area contributed by atoms with Crippen molar-refractivity contribution in [3.8, 4) is 0 Å². The van der Waals surface area contributed by atoms with Crippen LogP contribution < -0.4 is 5.32 Å². The first-order valence-corrected chi connectivity index (χ1v) is 7.23. The molecular formula is C16H28N2. The largest absolute Gasteiger partial charge is 0.309 e. The normalized spacial score (nSPS) is 12.9. The zero-order chi connectivity index (χ0) is 13.4. The minimum Gasteiger partial charge on any atom is -0.309 e. The summed E-state index contributed by atoms with van der Waals surface area (Å²) >= 11 is 0. The number of benzene rings is 1. The van der Waals surface area contributed by atoms with Crippen molar-refractivity contribution in [1.29, 1.82) is 0 Å². The van der Waals surface area contributed by atoms with E-state index in [1.165, 1.54) is 24.1 Å². The Hall–Kier alpha value is -0.860. The van der Waals surface area contributed by atoms with Gasteiger partial charge < -0.3 is 10.2 Å². The van der Waals surface area contributed by atoms with Gasteiger partial charge in [0.05, 0.1) is 0 Å². The van der Waals surface area contributed by atoms with Crippen LogP contribution in [0.25, 0.3) is 0 Å². The van der Waals surface area contributed by atoms with Crippen LogP contribution in [0.1, 0.15) is 44.4 Å². The van der Waals surface area contributed by atoms with Crippen LogP contribution in [0.5, 0.6) is 0 Å². The molecule has 0 aliphatic rings. The van der Waals surface area contributed by atoms with Gasteiger partial charge in [0.25, 0.3) is 0 Å². The van der Waals surface area contributed by atoms with E-state index in [0.717, 1.165) is 19.6 Å². The van der Waals surface area contributed by atoms with Crippen molar-refractivity contribution in [2.75, 3.05) is 26.2 Å². The fraction of sp³-hybridized carbons (Fsp3) is 0.625. The Morgan fingerprint density at radius 1 is 1.11 bits per heavy atom. The molecule has 0 bridgehead atoms. The van der Waals surface area contributed by atoms with Crippen molar-refractivity contribution in [2.45, 2.75) is 40.2 Å². The summed E-state index contributed by atoms with van der Waals surface area (Å²) in [5.41, 5.74) is 2.73. The first kappa shape index (κ1) is 15.2. The number of nitrogens with zero attached hydrogens (tertiary/aromatic N) is 1. The van der Waals surface area contributed by atoms with Crippen LogP contribution in [-0.4, -0.2) is 31.1 Å². The number of hydrogen-bond donors (Lipinski definition) is 1. The summed E-state index contributed by atoms with van der Waals surface area (Å²) in [6.07, 6.45) is 1.22. The van der Waals surface area contributed by atoms with Gasteiger partial charge >= 0.3 is 0 Å². The van der Waals surface area contributed by atoms with Crippen LogP contribution in [0.15, 0.2) is 24.3 Å². The molecule has 2 heteroatoms. The van der Waals surface area contributed by atoms with Gasteiger partial charge in [-0.05, 0) is 38.5 Å². The van der Waals surface area contributed by atoms with Crippen molar-refractivity contribution < 1.29 is 0 Å². The molecule has 1 aromatic carbocycles. The molecule has 1 unspecified atom stereocenters. The number of aryl methyl sites for hydroxylation is 1. The van der Waals surface area contributed by atoms with E-state index in [1.54, 1.807) is 0 Å². The molecule has 102 valence electrons. The number of nitrogens with one attached hydrogen (secondary N) is 1. The number of rotatable bonds is 8. The van der Waals surface area contributed by atoms with Crippen molar-refractivity contribution in [3.05, 3.63) is 35.4 Å². The van der Waals surface area contributed by atoms with Crippen molar-refractivity contribution in [2.24, 2.45) is 0 Å². The van der Waals surface area contributed by atoms with Crippen molar-refractivity contribution in [3.63, 3.8) is 0 Å². The molecule has 1 aromatic rings. The first-order valence-electron chi connectivity index (χ1n) is 7.23. The maximum absolute atomic E-state index is 3.60. The van der Waals surface area contributed by atoms with E-state index in [4.69, 9.17) is 0 Å². The Kier molecular flexibility index (Phi) is 6.99. The Bertz CT molecular complexity index is 318. The van der Waals surface area contributed by atoms with Crippen LogP contribution >= 0.6 is 0 Å². The summed E-state index contributed by atoms with van der Waals surface area (Å²) in [5, 5.41) is 3.60. The third-order valence-electron chi connectivity index (χ3n) is 3.36. The smallest absolute Gasteiger partial charge is 0.0449 e. The van der Waals surface area contributed by atoms with E-state index in [2.05, 4.69) is 62.2 Å². The van der Waals surface area contributed by atoms with Crippen LogP contribution in [0, 0.1) is 6.92 Å². The monoisotopic (exact) mass is 248 g/mol. The molecular weight excluding hydrogens is 220 g/mol. The molecule has 0 aliphatic carbocycles. The van der Waals surface area contributed by atoms with E-state index < -0.39 is 0 Å². The lowest BCUT2D eigenvalue weighted by Crippen LogP contribution is -2.35. The molecule has 0 fully saturated rings. The topological polar surface area (TPSA) is 15.3 Å². The summed E-state index contributed by atoms with van der Waals surface area (Å²) < 4.78 is 0. The van der Waals surface area contributed by atoms with E-state index in [-0.39, 0.29) is 0 Å². The second-order valence-corrected chi connectivity index (χ2v) is 4.91. The van der Waals surface area contributed by atoms with E-state index >= 15 is 0 Å². The number of hydrogen-bond acceptors (Lipinski definition) is 2. The minimum atomic E-state index is 0.446. The molecule has 1 rings (SSSR count). The van der Waals surface area contributed by atoms with Crippen LogP contribution in [0.3, 0.4) is 0 Å². The van der Waals surface area contributed by atoms with Gasteiger partial charge in [-0.15, -0.1) is 0 Å². The summed E-state index contributed by atoms with van der Waals surface area (Å²) in [6.45, 7) is 13.2. The third-order valence-corrected chi connectivity index (χ3v) is 3.36. The Morgan fingerprint density at radius 3 is 2.28 bits per heavy atom. The van der Waals surface area contributed by atoms with Gasteiger partial charge in [0.1, 0.15) is 0 Å². The van der Waals surface area contributed by atoms with Gasteiger partial charge in [0, 0.05) is 12.6 Å².